The van der Waals surface area contributed by atoms with E-state index in [0.29, 0.717) is 22.2 Å². The van der Waals surface area contributed by atoms with E-state index in [1.165, 1.54) is 0 Å². The highest BCUT2D eigenvalue weighted by molar-refractivity contribution is 6.37. The van der Waals surface area contributed by atoms with Crippen molar-refractivity contribution in [1.82, 2.24) is 5.43 Å². The van der Waals surface area contributed by atoms with E-state index in [4.69, 9.17) is 23.2 Å². The largest absolute Gasteiger partial charge is 0.273 e. The fourth-order valence-electron chi connectivity index (χ4n) is 2.00. The average Bonchev–Trinajstić information content (AvgIpc) is 2.50. The van der Waals surface area contributed by atoms with Gasteiger partial charge in [-0.25, -0.2) is 5.43 Å². The highest BCUT2D eigenvalue weighted by Gasteiger charge is 2.08. The summed E-state index contributed by atoms with van der Waals surface area (Å²) in [6, 6.07) is 14.7. The fraction of sp³-hybridized carbons (Fsp3) is 0.176. The topological polar surface area (TPSA) is 41.5 Å². The summed E-state index contributed by atoms with van der Waals surface area (Å²) >= 11 is 12.1. The molecule has 2 aromatic carbocycles. The van der Waals surface area contributed by atoms with Gasteiger partial charge < -0.3 is 0 Å². The Morgan fingerprint density at radius 1 is 1.14 bits per heavy atom. The third-order valence-electron chi connectivity index (χ3n) is 3.10. The number of amides is 1. The Morgan fingerprint density at radius 3 is 2.50 bits per heavy atom. The van der Waals surface area contributed by atoms with Crippen molar-refractivity contribution in [2.24, 2.45) is 5.10 Å². The van der Waals surface area contributed by atoms with Gasteiger partial charge in [-0.1, -0.05) is 66.5 Å². The Bertz CT molecular complexity index is 684. The number of carbonyl (C=O) groups is 1. The SMILES string of the molecule is CCC(=NNC(=O)Cc1ccccc1)c1ccc(Cl)cc1Cl. The molecule has 0 fully saturated rings. The number of hydrazone groups is 1. The van der Waals surface area contributed by atoms with Gasteiger partial charge in [0, 0.05) is 10.6 Å². The first-order valence-corrected chi connectivity index (χ1v) is 7.70. The van der Waals surface area contributed by atoms with Gasteiger partial charge in [0.15, 0.2) is 0 Å². The minimum absolute atomic E-state index is 0.165. The van der Waals surface area contributed by atoms with Crippen LogP contribution in [0.15, 0.2) is 53.6 Å². The van der Waals surface area contributed by atoms with E-state index in [-0.39, 0.29) is 12.3 Å². The first kappa shape index (κ1) is 16.5. The molecular weight excluding hydrogens is 319 g/mol. The maximum Gasteiger partial charge on any atom is 0.244 e. The summed E-state index contributed by atoms with van der Waals surface area (Å²) in [6.45, 7) is 1.95. The van der Waals surface area contributed by atoms with Crippen LogP contribution in [0.5, 0.6) is 0 Å². The van der Waals surface area contributed by atoms with Crippen LogP contribution in [0.1, 0.15) is 24.5 Å². The predicted octanol–water partition coefficient (Wildman–Crippen LogP) is 4.47. The molecule has 2 aromatic rings. The van der Waals surface area contributed by atoms with Crippen LogP contribution in [0.4, 0.5) is 0 Å². The Balaban J connectivity index is 2.07. The summed E-state index contributed by atoms with van der Waals surface area (Å²) < 4.78 is 0. The van der Waals surface area contributed by atoms with Gasteiger partial charge >= 0.3 is 0 Å². The van der Waals surface area contributed by atoms with Gasteiger partial charge in [0.05, 0.1) is 17.2 Å². The van der Waals surface area contributed by atoms with Crippen molar-refractivity contribution in [1.29, 1.82) is 0 Å². The van der Waals surface area contributed by atoms with E-state index >= 15 is 0 Å². The molecule has 0 aromatic heterocycles. The van der Waals surface area contributed by atoms with E-state index in [1.54, 1.807) is 18.2 Å². The molecule has 22 heavy (non-hydrogen) atoms. The zero-order valence-corrected chi connectivity index (χ0v) is 13.7. The van der Waals surface area contributed by atoms with Crippen LogP contribution in [0.2, 0.25) is 10.0 Å². The first-order valence-electron chi connectivity index (χ1n) is 6.95. The molecule has 0 spiro atoms. The lowest BCUT2D eigenvalue weighted by Gasteiger charge is -2.08. The number of nitrogens with one attached hydrogen (secondary N) is 1. The Kier molecular flexibility index (Phi) is 5.99. The standard InChI is InChI=1S/C17H16Cl2N2O/c1-2-16(14-9-8-13(18)11-15(14)19)20-21-17(22)10-12-6-4-3-5-7-12/h3-9,11H,2,10H2,1H3,(H,21,22). The van der Waals surface area contributed by atoms with Gasteiger partial charge in [-0.2, -0.15) is 5.10 Å². The van der Waals surface area contributed by atoms with Crippen LogP contribution < -0.4 is 5.43 Å². The maximum absolute atomic E-state index is 11.9. The first-order chi connectivity index (χ1) is 10.6. The van der Waals surface area contributed by atoms with Crippen LogP contribution in [0.3, 0.4) is 0 Å². The molecule has 0 aliphatic carbocycles. The van der Waals surface area contributed by atoms with Crippen molar-refractivity contribution in [3.8, 4) is 0 Å². The molecule has 2 rings (SSSR count). The lowest BCUT2D eigenvalue weighted by Crippen LogP contribution is -2.21. The van der Waals surface area contributed by atoms with Crippen molar-refractivity contribution in [3.05, 3.63) is 69.7 Å². The Hall–Kier alpha value is -1.84. The van der Waals surface area contributed by atoms with Crippen LogP contribution in [0.25, 0.3) is 0 Å². The second-order valence-electron chi connectivity index (χ2n) is 4.73. The van der Waals surface area contributed by atoms with Gasteiger partial charge in [0.1, 0.15) is 0 Å². The van der Waals surface area contributed by atoms with Gasteiger partial charge in [-0.05, 0) is 24.1 Å². The van der Waals surface area contributed by atoms with Crippen molar-refractivity contribution >= 4 is 34.8 Å². The second kappa shape index (κ2) is 7.97. The monoisotopic (exact) mass is 334 g/mol. The van der Waals surface area contributed by atoms with Gasteiger partial charge in [-0.15, -0.1) is 0 Å². The van der Waals surface area contributed by atoms with Crippen molar-refractivity contribution < 1.29 is 4.79 Å². The highest BCUT2D eigenvalue weighted by Crippen LogP contribution is 2.22. The van der Waals surface area contributed by atoms with Gasteiger partial charge in [0.25, 0.3) is 0 Å². The minimum atomic E-state index is -0.165. The summed E-state index contributed by atoms with van der Waals surface area (Å²) in [7, 11) is 0. The Labute approximate surface area is 139 Å². The fourth-order valence-corrected chi connectivity index (χ4v) is 2.52. The summed E-state index contributed by atoms with van der Waals surface area (Å²) in [4.78, 5) is 11.9. The van der Waals surface area contributed by atoms with E-state index in [2.05, 4.69) is 10.5 Å². The van der Waals surface area contributed by atoms with Crippen LogP contribution in [-0.2, 0) is 11.2 Å². The van der Waals surface area contributed by atoms with E-state index in [9.17, 15) is 4.79 Å². The average molecular weight is 335 g/mol. The number of rotatable bonds is 5. The molecule has 1 N–H and O–H groups in total. The summed E-state index contributed by atoms with van der Waals surface area (Å²) in [6.07, 6.45) is 0.933. The van der Waals surface area contributed by atoms with E-state index in [0.717, 1.165) is 11.1 Å². The molecule has 0 aliphatic rings. The summed E-state index contributed by atoms with van der Waals surface area (Å²) in [5.74, 6) is -0.165. The number of nitrogens with zero attached hydrogens (tertiary/aromatic N) is 1. The van der Waals surface area contributed by atoms with E-state index in [1.807, 2.05) is 37.3 Å². The molecular formula is C17H16Cl2N2O. The van der Waals surface area contributed by atoms with Crippen LogP contribution in [-0.4, -0.2) is 11.6 Å². The van der Waals surface area contributed by atoms with Crippen LogP contribution >= 0.6 is 23.2 Å². The predicted molar refractivity (Wildman–Crippen MR) is 91.6 cm³/mol. The summed E-state index contributed by atoms with van der Waals surface area (Å²) in [5, 5.41) is 5.27. The number of carbonyl (C=O) groups excluding carboxylic acids is 1. The molecule has 0 bridgehead atoms. The molecule has 114 valence electrons. The molecule has 0 atom stereocenters. The minimum Gasteiger partial charge on any atom is -0.273 e. The molecule has 0 heterocycles. The van der Waals surface area contributed by atoms with Gasteiger partial charge in [0.2, 0.25) is 5.91 Å². The molecule has 0 radical (unpaired) electrons. The normalized spacial score (nSPS) is 11.3. The third-order valence-corrected chi connectivity index (χ3v) is 3.65. The smallest absolute Gasteiger partial charge is 0.244 e. The van der Waals surface area contributed by atoms with Crippen molar-refractivity contribution in [2.75, 3.05) is 0 Å². The molecule has 5 heteroatoms. The molecule has 0 unspecified atom stereocenters. The van der Waals surface area contributed by atoms with Crippen molar-refractivity contribution in [3.63, 3.8) is 0 Å². The zero-order valence-electron chi connectivity index (χ0n) is 12.1. The van der Waals surface area contributed by atoms with Crippen LogP contribution in [0, 0.1) is 0 Å². The van der Waals surface area contributed by atoms with Crippen molar-refractivity contribution in [2.45, 2.75) is 19.8 Å². The molecule has 0 saturated carbocycles. The molecule has 1 amide bonds. The molecule has 3 nitrogen and oxygen atoms in total. The molecule has 0 saturated heterocycles. The maximum atomic E-state index is 11.9. The zero-order chi connectivity index (χ0) is 15.9. The van der Waals surface area contributed by atoms with E-state index < -0.39 is 0 Å². The quantitative estimate of drug-likeness (QED) is 0.636. The highest BCUT2D eigenvalue weighted by atomic mass is 35.5. The number of hydrogen-bond donors (Lipinski definition) is 1. The molecule has 0 aliphatic heterocycles. The lowest BCUT2D eigenvalue weighted by molar-refractivity contribution is -0.120. The lowest BCUT2D eigenvalue weighted by atomic mass is 10.1. The number of halogens is 2. The summed E-state index contributed by atoms with van der Waals surface area (Å²) in [5.41, 5.74) is 5.01. The third kappa shape index (κ3) is 4.58. The number of benzene rings is 2. The second-order valence-corrected chi connectivity index (χ2v) is 5.58. The number of hydrogen-bond acceptors (Lipinski definition) is 2. The Morgan fingerprint density at radius 2 is 1.86 bits per heavy atom. The van der Waals surface area contributed by atoms with Gasteiger partial charge in [-0.3, -0.25) is 4.79 Å².